The largest absolute Gasteiger partial charge is 0.481 e. The van der Waals surface area contributed by atoms with Crippen LogP contribution < -0.4 is 4.74 Å². The molecule has 132 valence electrons. The molecule has 0 bridgehead atoms. The van der Waals surface area contributed by atoms with Crippen LogP contribution in [0.15, 0.2) is 47.9 Å². The molecule has 4 heterocycles. The first-order chi connectivity index (χ1) is 12.6. The van der Waals surface area contributed by atoms with Gasteiger partial charge in [-0.25, -0.2) is 18.4 Å². The lowest BCUT2D eigenvalue weighted by molar-refractivity contribution is 0.399. The van der Waals surface area contributed by atoms with Crippen LogP contribution in [0.3, 0.4) is 0 Å². The van der Waals surface area contributed by atoms with E-state index in [2.05, 4.69) is 19.9 Å². The molecule has 1 atom stereocenters. The minimum Gasteiger partial charge on any atom is -0.481 e. The quantitative estimate of drug-likeness (QED) is 0.549. The SMILES string of the molecule is COc1ccc2c(ncc3ncn([C@H](C)c4ccc([SH](=O)=O)cn4)c32)n1. The summed E-state index contributed by atoms with van der Waals surface area (Å²) in [5.41, 5.74) is 2.93. The second kappa shape index (κ2) is 6.34. The minimum absolute atomic E-state index is 0.147. The lowest BCUT2D eigenvalue weighted by Gasteiger charge is -2.15. The van der Waals surface area contributed by atoms with Crippen molar-refractivity contribution in [2.75, 3.05) is 7.11 Å². The van der Waals surface area contributed by atoms with Gasteiger partial charge in [0.15, 0.2) is 16.4 Å². The van der Waals surface area contributed by atoms with Crippen LogP contribution in [-0.2, 0) is 10.7 Å². The Morgan fingerprint density at radius 3 is 2.62 bits per heavy atom. The van der Waals surface area contributed by atoms with Crippen LogP contribution in [0, 0.1) is 0 Å². The summed E-state index contributed by atoms with van der Waals surface area (Å²) in [6.45, 7) is 1.98. The summed E-state index contributed by atoms with van der Waals surface area (Å²) in [4.78, 5) is 17.6. The summed E-state index contributed by atoms with van der Waals surface area (Å²) in [5, 5.41) is 0.854. The molecule has 0 aliphatic rings. The second-order valence-corrected chi connectivity index (χ2v) is 6.77. The third kappa shape index (κ3) is 2.66. The molecule has 0 unspecified atom stereocenters. The number of ether oxygens (including phenoxy) is 1. The van der Waals surface area contributed by atoms with E-state index >= 15 is 0 Å². The number of imidazole rings is 1. The van der Waals surface area contributed by atoms with Crippen LogP contribution in [0.2, 0.25) is 0 Å². The molecular formula is C17H15N5O3S. The highest BCUT2D eigenvalue weighted by molar-refractivity contribution is 7.72. The topological polar surface area (TPSA) is 99.9 Å². The van der Waals surface area contributed by atoms with E-state index in [4.69, 9.17) is 4.74 Å². The lowest BCUT2D eigenvalue weighted by atomic mass is 10.2. The first-order valence-corrected chi connectivity index (χ1v) is 9.03. The van der Waals surface area contributed by atoms with Crippen molar-refractivity contribution >= 4 is 32.8 Å². The van der Waals surface area contributed by atoms with Gasteiger partial charge < -0.3 is 9.30 Å². The number of aromatic nitrogens is 5. The number of hydrogen-bond donors (Lipinski definition) is 1. The second-order valence-electron chi connectivity index (χ2n) is 5.74. The molecule has 0 aliphatic heterocycles. The zero-order valence-corrected chi connectivity index (χ0v) is 14.9. The van der Waals surface area contributed by atoms with E-state index in [9.17, 15) is 8.42 Å². The van der Waals surface area contributed by atoms with E-state index in [1.165, 1.54) is 6.20 Å². The molecule has 0 spiro atoms. The predicted molar refractivity (Wildman–Crippen MR) is 96.0 cm³/mol. The molecule has 0 amide bonds. The summed E-state index contributed by atoms with van der Waals surface area (Å²) in [6, 6.07) is 6.80. The average molecular weight is 369 g/mol. The maximum atomic E-state index is 11.0. The first kappa shape index (κ1) is 16.4. The van der Waals surface area contributed by atoms with Gasteiger partial charge >= 0.3 is 0 Å². The average Bonchev–Trinajstić information content (AvgIpc) is 3.11. The monoisotopic (exact) mass is 369 g/mol. The lowest BCUT2D eigenvalue weighted by Crippen LogP contribution is -2.08. The molecule has 0 aliphatic carbocycles. The van der Waals surface area contributed by atoms with Gasteiger partial charge in [0.1, 0.15) is 5.52 Å². The number of methoxy groups -OCH3 is 1. The summed E-state index contributed by atoms with van der Waals surface area (Å²) < 4.78 is 29.2. The highest BCUT2D eigenvalue weighted by Gasteiger charge is 2.16. The van der Waals surface area contributed by atoms with E-state index in [0.717, 1.165) is 22.1 Å². The molecule has 0 saturated heterocycles. The van der Waals surface area contributed by atoms with Crippen molar-refractivity contribution < 1.29 is 13.2 Å². The Bertz CT molecular complexity index is 1180. The first-order valence-electron chi connectivity index (χ1n) is 7.85. The number of hydrogen-bond acceptors (Lipinski definition) is 7. The maximum Gasteiger partial charge on any atom is 0.215 e. The Hall–Kier alpha value is -3.07. The van der Waals surface area contributed by atoms with Gasteiger partial charge in [-0.05, 0) is 25.1 Å². The van der Waals surface area contributed by atoms with Gasteiger partial charge in [-0.1, -0.05) is 0 Å². The summed E-state index contributed by atoms with van der Waals surface area (Å²) in [6.07, 6.45) is 4.76. The van der Waals surface area contributed by atoms with Crippen molar-refractivity contribution in [1.29, 1.82) is 0 Å². The van der Waals surface area contributed by atoms with Crippen LogP contribution >= 0.6 is 0 Å². The van der Waals surface area contributed by atoms with Crippen LogP contribution in [0.5, 0.6) is 5.88 Å². The van der Waals surface area contributed by atoms with Gasteiger partial charge in [-0.15, -0.1) is 0 Å². The van der Waals surface area contributed by atoms with Crippen molar-refractivity contribution in [2.24, 2.45) is 0 Å². The zero-order valence-electron chi connectivity index (χ0n) is 14.0. The van der Waals surface area contributed by atoms with Crippen LogP contribution in [0.4, 0.5) is 0 Å². The van der Waals surface area contributed by atoms with E-state index in [0.29, 0.717) is 11.5 Å². The maximum absolute atomic E-state index is 11.0. The standard InChI is InChI=1S/C17H15N5O3S/c1-10(13-5-3-11(7-18-13)26(23)24)22-9-20-14-8-19-17-12(16(14)22)4-6-15(21-17)25-2/h3-10,26H,1-2H3/t10-/m1/s1. The molecule has 4 aromatic rings. The van der Waals surface area contributed by atoms with E-state index in [1.54, 1.807) is 37.8 Å². The Labute approximate surface area is 150 Å². The van der Waals surface area contributed by atoms with Gasteiger partial charge in [0.05, 0.1) is 41.8 Å². The fourth-order valence-electron chi connectivity index (χ4n) is 2.89. The zero-order chi connectivity index (χ0) is 18.3. The summed E-state index contributed by atoms with van der Waals surface area (Å²) in [7, 11) is -1.08. The number of rotatable bonds is 4. The van der Waals surface area contributed by atoms with Gasteiger partial charge in [0, 0.05) is 17.6 Å². The number of fused-ring (bicyclic) bond motifs is 3. The van der Waals surface area contributed by atoms with Gasteiger partial charge in [-0.3, -0.25) is 4.98 Å². The van der Waals surface area contributed by atoms with Gasteiger partial charge in [-0.2, -0.15) is 4.98 Å². The van der Waals surface area contributed by atoms with E-state index in [1.807, 2.05) is 17.6 Å². The summed E-state index contributed by atoms with van der Waals surface area (Å²) >= 11 is 0. The fraction of sp³-hybridized carbons (Fsp3) is 0.176. The minimum atomic E-state index is -2.64. The highest BCUT2D eigenvalue weighted by atomic mass is 32.2. The Kier molecular flexibility index (Phi) is 4.00. The van der Waals surface area contributed by atoms with Crippen LogP contribution in [0.1, 0.15) is 18.7 Å². The molecule has 8 nitrogen and oxygen atoms in total. The number of nitrogens with zero attached hydrogens (tertiary/aromatic N) is 5. The van der Waals surface area contributed by atoms with Crippen molar-refractivity contribution in [3.8, 4) is 5.88 Å². The molecule has 9 heteroatoms. The van der Waals surface area contributed by atoms with Crippen molar-refractivity contribution in [3.05, 3.63) is 48.7 Å². The van der Waals surface area contributed by atoms with Gasteiger partial charge in [0.2, 0.25) is 5.88 Å². The van der Waals surface area contributed by atoms with Crippen LogP contribution in [0.25, 0.3) is 22.1 Å². The summed E-state index contributed by atoms with van der Waals surface area (Å²) in [5.74, 6) is 0.493. The molecule has 4 aromatic heterocycles. The van der Waals surface area contributed by atoms with Crippen molar-refractivity contribution in [3.63, 3.8) is 0 Å². The third-order valence-electron chi connectivity index (χ3n) is 4.27. The molecule has 0 fully saturated rings. The molecule has 0 aromatic carbocycles. The molecule has 26 heavy (non-hydrogen) atoms. The smallest absolute Gasteiger partial charge is 0.215 e. The normalized spacial score (nSPS) is 12.7. The molecule has 0 radical (unpaired) electrons. The predicted octanol–water partition coefficient (Wildman–Crippen LogP) is 1.96. The Morgan fingerprint density at radius 2 is 1.92 bits per heavy atom. The number of pyridine rings is 3. The van der Waals surface area contributed by atoms with E-state index in [-0.39, 0.29) is 10.9 Å². The molecule has 4 rings (SSSR count). The van der Waals surface area contributed by atoms with Gasteiger partial charge in [0.25, 0.3) is 0 Å². The Balaban J connectivity index is 1.86. The highest BCUT2D eigenvalue weighted by Crippen LogP contribution is 2.28. The molecular weight excluding hydrogens is 354 g/mol. The Morgan fingerprint density at radius 1 is 1.08 bits per heavy atom. The number of thiol groups is 1. The van der Waals surface area contributed by atoms with Crippen molar-refractivity contribution in [1.82, 2.24) is 24.5 Å². The van der Waals surface area contributed by atoms with E-state index < -0.39 is 10.7 Å². The third-order valence-corrected chi connectivity index (χ3v) is 4.96. The van der Waals surface area contributed by atoms with Crippen molar-refractivity contribution in [2.45, 2.75) is 17.9 Å². The van der Waals surface area contributed by atoms with Crippen LogP contribution in [-0.4, -0.2) is 40.0 Å². The molecule has 0 N–H and O–H groups in total. The fourth-order valence-corrected chi connectivity index (χ4v) is 3.23. The molecule has 0 saturated carbocycles.